The van der Waals surface area contributed by atoms with Crippen LogP contribution in [-0.2, 0) is 9.53 Å². The third kappa shape index (κ3) is 7.49. The summed E-state index contributed by atoms with van der Waals surface area (Å²) in [6.07, 6.45) is 2.47. The maximum Gasteiger partial charge on any atom is 0.330 e. The van der Waals surface area contributed by atoms with Crippen LogP contribution in [0.2, 0.25) is 0 Å². The number of aliphatic carboxylic acids is 1. The van der Waals surface area contributed by atoms with Crippen LogP contribution < -0.4 is 5.32 Å². The van der Waals surface area contributed by atoms with Crippen LogP contribution in [0.15, 0.2) is 11.6 Å². The van der Waals surface area contributed by atoms with Crippen molar-refractivity contribution in [1.29, 1.82) is 0 Å². The van der Waals surface area contributed by atoms with Crippen molar-refractivity contribution in [2.75, 3.05) is 19.9 Å². The molecule has 0 aromatic rings. The van der Waals surface area contributed by atoms with Crippen molar-refractivity contribution in [2.24, 2.45) is 0 Å². The maximum absolute atomic E-state index is 10.0. The number of carboxylic acid groups (broad SMARTS) is 1. The normalized spacial score (nSPS) is 16.3. The zero-order valence-electron chi connectivity index (χ0n) is 8.17. The standard InChI is InChI=1S/C6H10O2.C3H7NO/c1-3-4-5(2)6(7)8;1-2-5-3-4-1/h4H,3H2,1-2H3,(H,7,8);4H,1-3H2. The van der Waals surface area contributed by atoms with Crippen molar-refractivity contribution in [3.63, 3.8) is 0 Å². The molecule has 1 heterocycles. The van der Waals surface area contributed by atoms with E-state index in [-0.39, 0.29) is 0 Å². The Morgan fingerprint density at radius 3 is 2.54 bits per heavy atom. The van der Waals surface area contributed by atoms with Crippen LogP contribution in [0.4, 0.5) is 0 Å². The lowest BCUT2D eigenvalue weighted by molar-refractivity contribution is -0.132. The van der Waals surface area contributed by atoms with Crippen molar-refractivity contribution < 1.29 is 14.6 Å². The van der Waals surface area contributed by atoms with Crippen LogP contribution in [0, 0.1) is 0 Å². The van der Waals surface area contributed by atoms with Crippen LogP contribution in [-0.4, -0.2) is 31.0 Å². The molecule has 2 N–H and O–H groups in total. The highest BCUT2D eigenvalue weighted by Gasteiger charge is 1.95. The number of carbonyl (C=O) groups is 1. The maximum atomic E-state index is 10.0. The summed E-state index contributed by atoms with van der Waals surface area (Å²) in [5.74, 6) is -0.827. The second-order valence-corrected chi connectivity index (χ2v) is 2.65. The van der Waals surface area contributed by atoms with E-state index in [2.05, 4.69) is 5.32 Å². The van der Waals surface area contributed by atoms with Gasteiger partial charge in [-0.2, -0.15) is 0 Å². The summed E-state index contributed by atoms with van der Waals surface area (Å²) in [6.45, 7) is 6.16. The molecular formula is C9H17NO3. The third-order valence-electron chi connectivity index (χ3n) is 1.47. The molecule has 13 heavy (non-hydrogen) atoms. The second-order valence-electron chi connectivity index (χ2n) is 2.65. The minimum Gasteiger partial charge on any atom is -0.478 e. The number of carboxylic acids is 1. The molecule has 0 atom stereocenters. The fourth-order valence-electron chi connectivity index (χ4n) is 0.754. The molecule has 1 rings (SSSR count). The van der Waals surface area contributed by atoms with Gasteiger partial charge >= 0.3 is 5.97 Å². The summed E-state index contributed by atoms with van der Waals surface area (Å²) in [5.41, 5.74) is 0.424. The third-order valence-corrected chi connectivity index (χ3v) is 1.47. The first-order chi connectivity index (χ1) is 6.18. The van der Waals surface area contributed by atoms with Crippen molar-refractivity contribution in [3.8, 4) is 0 Å². The lowest BCUT2D eigenvalue weighted by atomic mass is 10.2. The van der Waals surface area contributed by atoms with Gasteiger partial charge in [-0.1, -0.05) is 13.0 Å². The highest BCUT2D eigenvalue weighted by Crippen LogP contribution is 1.92. The first-order valence-corrected chi connectivity index (χ1v) is 4.37. The summed E-state index contributed by atoms with van der Waals surface area (Å²) in [4.78, 5) is 10.0. The minimum absolute atomic E-state index is 0.424. The quantitative estimate of drug-likeness (QED) is 0.633. The van der Waals surface area contributed by atoms with E-state index in [0.29, 0.717) is 5.57 Å². The Hall–Kier alpha value is -0.870. The Morgan fingerprint density at radius 1 is 1.69 bits per heavy atom. The Bertz CT molecular complexity index is 166. The summed E-state index contributed by atoms with van der Waals surface area (Å²) in [7, 11) is 0. The fourth-order valence-corrected chi connectivity index (χ4v) is 0.754. The highest BCUT2D eigenvalue weighted by molar-refractivity contribution is 5.85. The molecule has 0 aromatic carbocycles. The number of hydrogen-bond acceptors (Lipinski definition) is 3. The average Bonchev–Trinajstić information content (AvgIpc) is 2.61. The smallest absolute Gasteiger partial charge is 0.330 e. The van der Waals surface area contributed by atoms with Gasteiger partial charge in [0, 0.05) is 12.1 Å². The Balaban J connectivity index is 0.000000243. The molecular weight excluding hydrogens is 170 g/mol. The molecule has 0 saturated carbocycles. The number of allylic oxidation sites excluding steroid dienone is 1. The second kappa shape index (κ2) is 7.76. The van der Waals surface area contributed by atoms with E-state index in [1.165, 1.54) is 0 Å². The largest absolute Gasteiger partial charge is 0.478 e. The molecule has 1 aliphatic rings. The molecule has 0 aliphatic carbocycles. The number of hydrogen-bond donors (Lipinski definition) is 2. The summed E-state index contributed by atoms with van der Waals surface area (Å²) >= 11 is 0. The predicted molar refractivity (Wildman–Crippen MR) is 50.5 cm³/mol. The summed E-state index contributed by atoms with van der Waals surface area (Å²) < 4.78 is 4.83. The average molecular weight is 187 g/mol. The SMILES string of the molecule is C1COCN1.CCC=C(C)C(=O)O. The molecule has 4 heteroatoms. The molecule has 0 amide bonds. The number of nitrogens with one attached hydrogen (secondary N) is 1. The van der Waals surface area contributed by atoms with Crippen molar-refractivity contribution in [1.82, 2.24) is 5.32 Å². The van der Waals surface area contributed by atoms with Gasteiger partial charge in [-0.05, 0) is 13.3 Å². The first-order valence-electron chi connectivity index (χ1n) is 4.37. The van der Waals surface area contributed by atoms with Gasteiger partial charge in [0.05, 0.1) is 13.3 Å². The van der Waals surface area contributed by atoms with Crippen LogP contribution in [0.5, 0.6) is 0 Å². The first kappa shape index (κ1) is 12.1. The molecule has 1 saturated heterocycles. The predicted octanol–water partition coefficient (Wildman–Crippen LogP) is 0.991. The molecule has 0 aromatic heterocycles. The van der Waals surface area contributed by atoms with E-state index in [0.717, 1.165) is 26.3 Å². The Morgan fingerprint density at radius 2 is 2.38 bits per heavy atom. The summed E-state index contributed by atoms with van der Waals surface area (Å²) in [5, 5.41) is 11.2. The van der Waals surface area contributed by atoms with E-state index < -0.39 is 5.97 Å². The topological polar surface area (TPSA) is 58.6 Å². The van der Waals surface area contributed by atoms with Crippen LogP contribution in [0.25, 0.3) is 0 Å². The van der Waals surface area contributed by atoms with E-state index in [9.17, 15) is 4.79 Å². The van der Waals surface area contributed by atoms with Crippen LogP contribution in [0.1, 0.15) is 20.3 Å². The number of rotatable bonds is 2. The molecule has 1 aliphatic heterocycles. The molecule has 0 radical (unpaired) electrons. The molecule has 1 fully saturated rings. The van der Waals surface area contributed by atoms with Gasteiger partial charge < -0.3 is 9.84 Å². The van der Waals surface area contributed by atoms with E-state index in [4.69, 9.17) is 9.84 Å². The lowest BCUT2D eigenvalue weighted by Crippen LogP contribution is -2.05. The van der Waals surface area contributed by atoms with Gasteiger partial charge in [0.15, 0.2) is 0 Å². The van der Waals surface area contributed by atoms with Crippen molar-refractivity contribution in [3.05, 3.63) is 11.6 Å². The number of ether oxygens (including phenoxy) is 1. The van der Waals surface area contributed by atoms with Gasteiger partial charge in [0.1, 0.15) is 0 Å². The molecule has 4 nitrogen and oxygen atoms in total. The zero-order valence-corrected chi connectivity index (χ0v) is 8.17. The fraction of sp³-hybridized carbons (Fsp3) is 0.667. The van der Waals surface area contributed by atoms with Gasteiger partial charge in [-0.15, -0.1) is 0 Å². The molecule has 0 spiro atoms. The Labute approximate surface area is 78.6 Å². The minimum atomic E-state index is -0.827. The van der Waals surface area contributed by atoms with Gasteiger partial charge in [-0.3, -0.25) is 5.32 Å². The van der Waals surface area contributed by atoms with E-state index in [1.54, 1.807) is 13.0 Å². The van der Waals surface area contributed by atoms with Gasteiger partial charge in [0.25, 0.3) is 0 Å². The van der Waals surface area contributed by atoms with E-state index in [1.807, 2.05) is 6.92 Å². The lowest BCUT2D eigenvalue weighted by Gasteiger charge is -1.87. The molecule has 76 valence electrons. The highest BCUT2D eigenvalue weighted by atomic mass is 16.5. The molecule has 0 bridgehead atoms. The van der Waals surface area contributed by atoms with Crippen LogP contribution >= 0.6 is 0 Å². The van der Waals surface area contributed by atoms with Crippen molar-refractivity contribution >= 4 is 5.97 Å². The zero-order chi connectivity index (χ0) is 10.1. The van der Waals surface area contributed by atoms with Gasteiger partial charge in [0.2, 0.25) is 0 Å². The van der Waals surface area contributed by atoms with E-state index >= 15 is 0 Å². The molecule has 0 unspecified atom stereocenters. The Kier molecular flexibility index (Phi) is 7.24. The summed E-state index contributed by atoms with van der Waals surface area (Å²) in [6, 6.07) is 0. The van der Waals surface area contributed by atoms with Crippen LogP contribution in [0.3, 0.4) is 0 Å². The monoisotopic (exact) mass is 187 g/mol. The van der Waals surface area contributed by atoms with Gasteiger partial charge in [-0.25, -0.2) is 4.79 Å². The van der Waals surface area contributed by atoms with Crippen molar-refractivity contribution in [2.45, 2.75) is 20.3 Å².